The molecule has 2 atom stereocenters. The monoisotopic (exact) mass is 448 g/mol. The number of hydrogen-bond donors (Lipinski definition) is 2. The molecule has 0 radical (unpaired) electrons. The summed E-state index contributed by atoms with van der Waals surface area (Å²) in [6.07, 6.45) is 13.1. The van der Waals surface area contributed by atoms with E-state index in [4.69, 9.17) is 9.47 Å². The van der Waals surface area contributed by atoms with Gasteiger partial charge in [0.05, 0.1) is 21.1 Å². The lowest BCUT2D eigenvalue weighted by Crippen LogP contribution is -2.42. The number of rotatable bonds is 11. The van der Waals surface area contributed by atoms with Gasteiger partial charge in [0.15, 0.2) is 11.5 Å². The van der Waals surface area contributed by atoms with Crippen LogP contribution in [0.1, 0.15) is 78.1 Å². The summed E-state index contributed by atoms with van der Waals surface area (Å²) >= 11 is 3.55. The van der Waals surface area contributed by atoms with E-state index >= 15 is 0 Å². The zero-order valence-corrected chi connectivity index (χ0v) is 20.1. The van der Waals surface area contributed by atoms with Gasteiger partial charge in [0.1, 0.15) is 13.2 Å². The Hall–Kier alpha value is -1.40. The van der Waals surface area contributed by atoms with Crippen LogP contribution in [-0.2, 0) is 0 Å². The molecule has 0 aromatic carbocycles. The number of thiophene rings is 2. The third-order valence-corrected chi connectivity index (χ3v) is 8.28. The first-order valence-corrected chi connectivity index (χ1v) is 13.6. The van der Waals surface area contributed by atoms with Crippen LogP contribution in [0.3, 0.4) is 0 Å². The zero-order valence-electron chi connectivity index (χ0n) is 18.4. The summed E-state index contributed by atoms with van der Waals surface area (Å²) in [5.41, 5.74) is 2.53. The van der Waals surface area contributed by atoms with Gasteiger partial charge in [-0.15, -0.1) is 22.7 Å². The van der Waals surface area contributed by atoms with Crippen molar-refractivity contribution < 1.29 is 9.47 Å². The predicted octanol–water partition coefficient (Wildman–Crippen LogP) is 7.76. The molecule has 4 heterocycles. The third-order valence-electron chi connectivity index (χ3n) is 6.19. The van der Waals surface area contributed by atoms with E-state index in [9.17, 15) is 0 Å². The maximum Gasteiger partial charge on any atom is 0.180 e. The highest BCUT2D eigenvalue weighted by Gasteiger charge is 2.31. The first-order chi connectivity index (χ1) is 14.8. The van der Waals surface area contributed by atoms with Crippen molar-refractivity contribution in [2.45, 2.75) is 90.1 Å². The first kappa shape index (κ1) is 21.8. The second-order valence-corrected chi connectivity index (χ2v) is 10.3. The quantitative estimate of drug-likeness (QED) is 0.345. The van der Waals surface area contributed by atoms with Gasteiger partial charge in [-0.1, -0.05) is 65.2 Å². The molecule has 0 saturated heterocycles. The number of ether oxygens (including phenoxy) is 2. The second kappa shape index (κ2) is 10.8. The normalized spacial score (nSPS) is 19.8. The summed E-state index contributed by atoms with van der Waals surface area (Å²) < 4.78 is 11.7. The van der Waals surface area contributed by atoms with E-state index in [1.54, 1.807) is 11.3 Å². The van der Waals surface area contributed by atoms with Crippen molar-refractivity contribution in [3.63, 3.8) is 0 Å². The first-order valence-electron chi connectivity index (χ1n) is 11.8. The van der Waals surface area contributed by atoms with Crippen molar-refractivity contribution in [1.82, 2.24) is 0 Å². The Morgan fingerprint density at radius 1 is 0.800 bits per heavy atom. The molecule has 2 N–H and O–H groups in total. The Morgan fingerprint density at radius 3 is 2.20 bits per heavy atom. The van der Waals surface area contributed by atoms with Crippen LogP contribution in [0.15, 0.2) is 10.8 Å². The van der Waals surface area contributed by atoms with Gasteiger partial charge in [-0.3, -0.25) is 0 Å². The van der Waals surface area contributed by atoms with Crippen molar-refractivity contribution in [3.8, 4) is 21.3 Å². The van der Waals surface area contributed by atoms with Crippen molar-refractivity contribution in [2.24, 2.45) is 0 Å². The molecule has 0 fully saturated rings. The molecule has 2 aromatic heterocycles. The molecule has 166 valence electrons. The molecule has 2 unspecified atom stereocenters. The molecule has 0 amide bonds. The molecule has 0 spiro atoms. The zero-order chi connectivity index (χ0) is 20.8. The predicted molar refractivity (Wildman–Crippen MR) is 131 cm³/mol. The van der Waals surface area contributed by atoms with Crippen LogP contribution >= 0.6 is 22.7 Å². The average Bonchev–Trinajstić information content (AvgIpc) is 3.37. The van der Waals surface area contributed by atoms with Gasteiger partial charge in [-0.25, -0.2) is 0 Å². The van der Waals surface area contributed by atoms with Crippen LogP contribution in [0, 0.1) is 0 Å². The Balaban J connectivity index is 1.51. The molecule has 0 saturated carbocycles. The van der Waals surface area contributed by atoms with Crippen LogP contribution in [0.2, 0.25) is 0 Å². The summed E-state index contributed by atoms with van der Waals surface area (Å²) in [7, 11) is 0. The smallest absolute Gasteiger partial charge is 0.180 e. The minimum absolute atomic E-state index is 0.497. The van der Waals surface area contributed by atoms with Crippen LogP contribution in [0.25, 0.3) is 9.75 Å². The molecule has 4 rings (SSSR count). The number of fused-ring (bicyclic) bond motifs is 2. The molecule has 4 nitrogen and oxygen atoms in total. The summed E-state index contributed by atoms with van der Waals surface area (Å²) in [6.45, 7) is 5.85. The van der Waals surface area contributed by atoms with Crippen molar-refractivity contribution in [2.75, 3.05) is 23.8 Å². The maximum atomic E-state index is 5.97. The lowest BCUT2D eigenvalue weighted by molar-refractivity contribution is 0.174. The molecule has 2 aliphatic heterocycles. The van der Waals surface area contributed by atoms with E-state index in [-0.39, 0.29) is 0 Å². The van der Waals surface area contributed by atoms with Crippen LogP contribution in [0.4, 0.5) is 11.4 Å². The lowest BCUT2D eigenvalue weighted by Gasteiger charge is -2.36. The van der Waals surface area contributed by atoms with Crippen LogP contribution in [-0.4, -0.2) is 25.3 Å². The highest BCUT2D eigenvalue weighted by Crippen LogP contribution is 2.53. The van der Waals surface area contributed by atoms with E-state index in [2.05, 4.69) is 35.2 Å². The molecular weight excluding hydrogens is 412 g/mol. The highest BCUT2D eigenvalue weighted by atomic mass is 32.1. The summed E-state index contributed by atoms with van der Waals surface area (Å²) in [5.74, 6) is 1.83. The van der Waals surface area contributed by atoms with Gasteiger partial charge in [-0.05, 0) is 12.8 Å². The van der Waals surface area contributed by atoms with Gasteiger partial charge in [0.25, 0.3) is 0 Å². The minimum atomic E-state index is 0.497. The lowest BCUT2D eigenvalue weighted by atomic mass is 9.93. The van der Waals surface area contributed by atoms with E-state index in [1.807, 2.05) is 11.3 Å². The SMILES string of the molecule is CCCCCCC1Nc2csc(-c3scc4c3OCCO4)c2NC1CCCCCC. The van der Waals surface area contributed by atoms with Gasteiger partial charge >= 0.3 is 0 Å². The standard InChI is InChI=1S/C24H36N2O2S2/c1-3-5-7-9-11-17-18(12-10-8-6-4-2)26-21-19(25-17)15-29-23(21)24-22-20(16-30-24)27-13-14-28-22/h15-18,25-26H,3-14H2,1-2H3. The van der Waals surface area contributed by atoms with Crippen molar-refractivity contribution in [3.05, 3.63) is 10.8 Å². The van der Waals surface area contributed by atoms with Crippen LogP contribution in [0.5, 0.6) is 11.5 Å². The molecule has 0 bridgehead atoms. The van der Waals surface area contributed by atoms with Gasteiger partial charge < -0.3 is 20.1 Å². The van der Waals surface area contributed by atoms with Crippen molar-refractivity contribution >= 4 is 34.0 Å². The van der Waals surface area contributed by atoms with Crippen molar-refractivity contribution in [1.29, 1.82) is 0 Å². The Kier molecular flexibility index (Phi) is 7.83. The number of hydrogen-bond acceptors (Lipinski definition) is 6. The van der Waals surface area contributed by atoms with Gasteiger partial charge in [0.2, 0.25) is 0 Å². The van der Waals surface area contributed by atoms with Crippen LogP contribution < -0.4 is 20.1 Å². The van der Waals surface area contributed by atoms with Gasteiger partial charge in [-0.2, -0.15) is 0 Å². The molecule has 2 aromatic rings. The van der Waals surface area contributed by atoms with Gasteiger partial charge in [0, 0.05) is 22.8 Å². The van der Waals surface area contributed by atoms with E-state index in [0.717, 1.165) is 11.5 Å². The molecule has 30 heavy (non-hydrogen) atoms. The second-order valence-electron chi connectivity index (χ2n) is 8.51. The fraction of sp³-hybridized carbons (Fsp3) is 0.667. The molecular formula is C24H36N2O2S2. The average molecular weight is 449 g/mol. The third kappa shape index (κ3) is 4.91. The number of anilines is 2. The Labute approximate surface area is 189 Å². The topological polar surface area (TPSA) is 42.5 Å². The summed E-state index contributed by atoms with van der Waals surface area (Å²) in [6, 6.07) is 1.02. The summed E-state index contributed by atoms with van der Waals surface area (Å²) in [4.78, 5) is 2.49. The molecule has 6 heteroatoms. The van der Waals surface area contributed by atoms with E-state index in [1.165, 1.54) is 85.3 Å². The minimum Gasteiger partial charge on any atom is -0.485 e. The maximum absolute atomic E-state index is 5.97. The summed E-state index contributed by atoms with van der Waals surface area (Å²) in [5, 5.41) is 12.2. The number of nitrogens with one attached hydrogen (secondary N) is 2. The largest absolute Gasteiger partial charge is 0.485 e. The Morgan fingerprint density at radius 2 is 1.47 bits per heavy atom. The molecule has 0 aliphatic carbocycles. The fourth-order valence-corrected chi connectivity index (χ4v) is 6.58. The molecule has 2 aliphatic rings. The number of unbranched alkanes of at least 4 members (excludes halogenated alkanes) is 6. The Bertz CT molecular complexity index is 801. The fourth-order valence-electron chi connectivity index (χ4n) is 4.51. The highest BCUT2D eigenvalue weighted by molar-refractivity contribution is 7.21. The van der Waals surface area contributed by atoms with E-state index < -0.39 is 0 Å². The van der Waals surface area contributed by atoms with E-state index in [0.29, 0.717) is 25.3 Å².